The van der Waals surface area contributed by atoms with E-state index in [1.165, 1.54) is 0 Å². The van der Waals surface area contributed by atoms with Crippen LogP contribution in [0.5, 0.6) is 0 Å². The van der Waals surface area contributed by atoms with Crippen molar-refractivity contribution in [1.82, 2.24) is 4.90 Å². The van der Waals surface area contributed by atoms with Crippen LogP contribution in [-0.4, -0.2) is 17.4 Å². The number of hydrogen-bond acceptors (Lipinski definition) is 4. The van der Waals surface area contributed by atoms with E-state index in [1.807, 2.05) is 18.2 Å². The van der Waals surface area contributed by atoms with Gasteiger partial charge in [-0.15, -0.1) is 0 Å². The van der Waals surface area contributed by atoms with Crippen molar-refractivity contribution >= 4 is 16.9 Å². The Morgan fingerprint density at radius 2 is 2.04 bits per heavy atom. The molecule has 5 nitrogen and oxygen atoms in total. The number of carbonyl (C=O) groups excluding carboxylic acids is 1. The van der Waals surface area contributed by atoms with Crippen LogP contribution in [0.15, 0.2) is 62.4 Å². The lowest BCUT2D eigenvalue weighted by Gasteiger charge is -2.22. The van der Waals surface area contributed by atoms with Crippen LogP contribution < -0.4 is 5.63 Å². The van der Waals surface area contributed by atoms with Crippen LogP contribution in [0.1, 0.15) is 35.0 Å². The molecular weight excluding hydrogens is 294 g/mol. The molecule has 0 aliphatic carbocycles. The van der Waals surface area contributed by atoms with Gasteiger partial charge < -0.3 is 13.7 Å². The molecule has 3 aromatic rings. The first-order chi connectivity index (χ1) is 11.2. The molecule has 1 aromatic carbocycles. The minimum absolute atomic E-state index is 0.0714. The molecule has 23 heavy (non-hydrogen) atoms. The summed E-state index contributed by atoms with van der Waals surface area (Å²) in [6.07, 6.45) is 3.31. The summed E-state index contributed by atoms with van der Waals surface area (Å²) in [5.41, 5.74) is -0.0426. The number of furan rings is 1. The van der Waals surface area contributed by atoms with Gasteiger partial charge in [-0.1, -0.05) is 18.2 Å². The largest absolute Gasteiger partial charge is 0.467 e. The van der Waals surface area contributed by atoms with Gasteiger partial charge in [-0.25, -0.2) is 4.79 Å². The Labute approximate surface area is 132 Å². The minimum Gasteiger partial charge on any atom is -0.467 e. The molecule has 1 saturated heterocycles. The van der Waals surface area contributed by atoms with Crippen LogP contribution >= 0.6 is 0 Å². The number of carbonyl (C=O) groups is 1. The summed E-state index contributed by atoms with van der Waals surface area (Å²) < 4.78 is 10.7. The third-order valence-corrected chi connectivity index (χ3v) is 4.26. The summed E-state index contributed by atoms with van der Waals surface area (Å²) in [5.74, 6) is 0.449. The zero-order chi connectivity index (χ0) is 15.8. The average Bonchev–Trinajstić information content (AvgIpc) is 3.24. The highest BCUT2D eigenvalue weighted by Crippen LogP contribution is 2.33. The highest BCUT2D eigenvalue weighted by atomic mass is 16.4. The fourth-order valence-electron chi connectivity index (χ4n) is 3.15. The van der Waals surface area contributed by atoms with Crippen LogP contribution in [0, 0.1) is 0 Å². The van der Waals surface area contributed by atoms with E-state index >= 15 is 0 Å². The lowest BCUT2D eigenvalue weighted by molar-refractivity contribution is 0.0716. The van der Waals surface area contributed by atoms with Crippen molar-refractivity contribution in [3.05, 3.63) is 70.5 Å². The van der Waals surface area contributed by atoms with E-state index in [0.29, 0.717) is 12.1 Å². The summed E-state index contributed by atoms with van der Waals surface area (Å²) in [6, 6.07) is 12.3. The van der Waals surface area contributed by atoms with E-state index in [1.54, 1.807) is 35.4 Å². The van der Waals surface area contributed by atoms with Gasteiger partial charge in [0.2, 0.25) is 0 Å². The van der Waals surface area contributed by atoms with Gasteiger partial charge >= 0.3 is 5.63 Å². The van der Waals surface area contributed by atoms with Crippen molar-refractivity contribution in [2.75, 3.05) is 6.54 Å². The highest BCUT2D eigenvalue weighted by Gasteiger charge is 2.33. The number of amides is 1. The maximum Gasteiger partial charge on any atom is 0.349 e. The molecule has 1 unspecified atom stereocenters. The molecule has 5 heteroatoms. The highest BCUT2D eigenvalue weighted by molar-refractivity contribution is 5.97. The van der Waals surface area contributed by atoms with E-state index in [9.17, 15) is 9.59 Å². The number of rotatable bonds is 2. The first-order valence-electron chi connectivity index (χ1n) is 7.61. The molecule has 0 radical (unpaired) electrons. The van der Waals surface area contributed by atoms with E-state index in [2.05, 4.69) is 0 Å². The quantitative estimate of drug-likeness (QED) is 0.681. The molecule has 4 rings (SSSR count). The molecule has 0 bridgehead atoms. The van der Waals surface area contributed by atoms with Crippen molar-refractivity contribution in [1.29, 1.82) is 0 Å². The van der Waals surface area contributed by atoms with Crippen LogP contribution in [0.4, 0.5) is 0 Å². The topological polar surface area (TPSA) is 63.7 Å². The SMILES string of the molecule is O=C(c1cc2ccccc2oc1=O)N1CCCC1c1ccco1. The zero-order valence-electron chi connectivity index (χ0n) is 12.4. The first kappa shape index (κ1) is 13.8. The summed E-state index contributed by atoms with van der Waals surface area (Å²) in [7, 11) is 0. The third kappa shape index (κ3) is 2.34. The molecule has 1 amide bonds. The monoisotopic (exact) mass is 309 g/mol. The van der Waals surface area contributed by atoms with Gasteiger partial charge in [0.15, 0.2) is 0 Å². The smallest absolute Gasteiger partial charge is 0.349 e. The van der Waals surface area contributed by atoms with Gasteiger partial charge in [0.05, 0.1) is 12.3 Å². The van der Waals surface area contributed by atoms with Crippen LogP contribution in [0.3, 0.4) is 0 Å². The molecular formula is C18H15NO4. The fourth-order valence-corrected chi connectivity index (χ4v) is 3.15. The van der Waals surface area contributed by atoms with E-state index in [4.69, 9.17) is 8.83 Å². The second kappa shape index (κ2) is 5.43. The van der Waals surface area contributed by atoms with E-state index in [-0.39, 0.29) is 17.5 Å². The van der Waals surface area contributed by atoms with Crippen molar-refractivity contribution in [2.45, 2.75) is 18.9 Å². The summed E-state index contributed by atoms with van der Waals surface area (Å²) in [6.45, 7) is 0.608. The Morgan fingerprint density at radius 1 is 1.17 bits per heavy atom. The number of para-hydroxylation sites is 1. The molecule has 0 N–H and O–H groups in total. The number of likely N-dealkylation sites (tertiary alicyclic amines) is 1. The normalized spacial score (nSPS) is 17.7. The number of fused-ring (bicyclic) bond motifs is 1. The van der Waals surface area contributed by atoms with Crippen molar-refractivity contribution in [2.24, 2.45) is 0 Å². The van der Waals surface area contributed by atoms with Gasteiger partial charge in [0.25, 0.3) is 5.91 Å². The van der Waals surface area contributed by atoms with Gasteiger partial charge in [0, 0.05) is 11.9 Å². The summed E-state index contributed by atoms with van der Waals surface area (Å²) in [4.78, 5) is 26.7. The second-order valence-electron chi connectivity index (χ2n) is 5.66. The van der Waals surface area contributed by atoms with E-state index < -0.39 is 5.63 Å². The lowest BCUT2D eigenvalue weighted by atomic mass is 10.1. The summed E-state index contributed by atoms with van der Waals surface area (Å²) in [5, 5.41) is 0.740. The Bertz CT molecular complexity index is 910. The Balaban J connectivity index is 1.74. The minimum atomic E-state index is -0.598. The van der Waals surface area contributed by atoms with Crippen LogP contribution in [0.25, 0.3) is 11.0 Å². The zero-order valence-corrected chi connectivity index (χ0v) is 12.4. The number of nitrogens with zero attached hydrogens (tertiary/aromatic N) is 1. The molecule has 116 valence electrons. The Hall–Kier alpha value is -2.82. The second-order valence-corrected chi connectivity index (χ2v) is 5.66. The van der Waals surface area contributed by atoms with Crippen molar-refractivity contribution < 1.29 is 13.6 Å². The predicted molar refractivity (Wildman–Crippen MR) is 84.2 cm³/mol. The average molecular weight is 309 g/mol. The van der Waals surface area contributed by atoms with Crippen molar-refractivity contribution in [3.63, 3.8) is 0 Å². The predicted octanol–water partition coefficient (Wildman–Crippen LogP) is 3.36. The Kier molecular flexibility index (Phi) is 3.26. The fraction of sp³-hybridized carbons (Fsp3) is 0.222. The van der Waals surface area contributed by atoms with Gasteiger partial charge in [-0.05, 0) is 37.1 Å². The number of hydrogen-bond donors (Lipinski definition) is 0. The molecule has 3 heterocycles. The van der Waals surface area contributed by atoms with Gasteiger partial charge in [-0.2, -0.15) is 0 Å². The van der Waals surface area contributed by atoms with Crippen LogP contribution in [0.2, 0.25) is 0 Å². The Morgan fingerprint density at radius 3 is 2.87 bits per heavy atom. The maximum absolute atomic E-state index is 12.8. The molecule has 2 aromatic heterocycles. The molecule has 1 aliphatic rings. The summed E-state index contributed by atoms with van der Waals surface area (Å²) >= 11 is 0. The molecule has 0 saturated carbocycles. The molecule has 1 fully saturated rings. The lowest BCUT2D eigenvalue weighted by Crippen LogP contribution is -2.33. The first-order valence-corrected chi connectivity index (χ1v) is 7.61. The van der Waals surface area contributed by atoms with E-state index in [0.717, 1.165) is 24.0 Å². The number of benzene rings is 1. The standard InChI is InChI=1S/C18H15NO4/c20-17(19-9-3-6-14(19)16-8-4-10-22-16)13-11-12-5-1-2-7-15(12)23-18(13)21/h1-2,4-5,7-8,10-11,14H,3,6,9H2. The van der Waals surface area contributed by atoms with Crippen LogP contribution in [-0.2, 0) is 0 Å². The molecule has 1 atom stereocenters. The molecule has 1 aliphatic heterocycles. The van der Waals surface area contributed by atoms with Crippen molar-refractivity contribution in [3.8, 4) is 0 Å². The van der Waals surface area contributed by atoms with Gasteiger partial charge in [-0.3, -0.25) is 4.79 Å². The maximum atomic E-state index is 12.8. The third-order valence-electron chi connectivity index (χ3n) is 4.26. The van der Waals surface area contributed by atoms with Gasteiger partial charge in [0.1, 0.15) is 16.9 Å². The molecule has 0 spiro atoms.